The predicted molar refractivity (Wildman–Crippen MR) is 69.0 cm³/mol. The van der Waals surface area contributed by atoms with E-state index in [0.29, 0.717) is 0 Å². The molecule has 0 bridgehead atoms. The van der Waals surface area contributed by atoms with Crippen LogP contribution in [0.2, 0.25) is 0 Å². The normalized spacial score (nSPS) is 10.1. The van der Waals surface area contributed by atoms with E-state index in [9.17, 15) is 0 Å². The molecule has 3 heteroatoms. The lowest BCUT2D eigenvalue weighted by Crippen LogP contribution is -1.81. The zero-order valence-corrected chi connectivity index (χ0v) is 10.6. The van der Waals surface area contributed by atoms with Crippen LogP contribution in [-0.4, -0.2) is 7.11 Å². The molecule has 0 radical (unpaired) electrons. The van der Waals surface area contributed by atoms with Gasteiger partial charge in [-0.1, -0.05) is 12.1 Å². The Kier molecular flexibility index (Phi) is 3.08. The number of thiophene rings is 1. The van der Waals surface area contributed by atoms with Crippen LogP contribution in [-0.2, 0) is 0 Å². The fraction of sp³-hybridized carbons (Fsp3) is 0.0909. The van der Waals surface area contributed by atoms with Crippen LogP contribution in [0.3, 0.4) is 0 Å². The summed E-state index contributed by atoms with van der Waals surface area (Å²) in [7, 11) is 1.69. The van der Waals surface area contributed by atoms with Crippen molar-refractivity contribution in [2.24, 2.45) is 0 Å². The first-order valence-electron chi connectivity index (χ1n) is 4.18. The molecule has 0 fully saturated rings. The van der Waals surface area contributed by atoms with E-state index in [1.54, 1.807) is 18.4 Å². The largest absolute Gasteiger partial charge is 0.497 e. The van der Waals surface area contributed by atoms with Gasteiger partial charge in [-0.25, -0.2) is 0 Å². The Morgan fingerprint density at radius 2 is 2.14 bits per heavy atom. The van der Waals surface area contributed by atoms with Crippen LogP contribution in [0.5, 0.6) is 5.75 Å². The molecule has 1 aromatic carbocycles. The maximum absolute atomic E-state index is 5.19. The van der Waals surface area contributed by atoms with Crippen molar-refractivity contribution < 1.29 is 4.74 Å². The Bertz CT molecular complexity index is 436. The molecule has 1 aromatic heterocycles. The van der Waals surface area contributed by atoms with Gasteiger partial charge in [-0.3, -0.25) is 0 Å². The second-order valence-corrected chi connectivity index (χ2v) is 5.02. The molecule has 0 spiro atoms. The first-order valence-corrected chi connectivity index (χ1v) is 6.14. The molecule has 2 aromatic rings. The SMILES string of the molecule is COc1cccc(-c2cc(I)cs2)c1. The molecule has 2 rings (SSSR count). The van der Waals surface area contributed by atoms with Crippen LogP contribution in [0.1, 0.15) is 0 Å². The van der Waals surface area contributed by atoms with Gasteiger partial charge in [-0.05, 0) is 46.4 Å². The summed E-state index contributed by atoms with van der Waals surface area (Å²) in [5.41, 5.74) is 1.22. The lowest BCUT2D eigenvalue weighted by Gasteiger charge is -2.01. The fourth-order valence-electron chi connectivity index (χ4n) is 1.24. The number of benzene rings is 1. The molecule has 0 aliphatic rings. The highest BCUT2D eigenvalue weighted by Gasteiger charge is 2.01. The van der Waals surface area contributed by atoms with Crippen molar-refractivity contribution in [2.45, 2.75) is 0 Å². The maximum Gasteiger partial charge on any atom is 0.119 e. The number of hydrogen-bond acceptors (Lipinski definition) is 2. The molecule has 0 aliphatic carbocycles. The summed E-state index contributed by atoms with van der Waals surface area (Å²) < 4.78 is 6.47. The zero-order chi connectivity index (χ0) is 9.97. The van der Waals surface area contributed by atoms with Crippen molar-refractivity contribution in [3.63, 3.8) is 0 Å². The summed E-state index contributed by atoms with van der Waals surface area (Å²) in [6, 6.07) is 10.3. The van der Waals surface area contributed by atoms with Gasteiger partial charge >= 0.3 is 0 Å². The van der Waals surface area contributed by atoms with Crippen LogP contribution in [0.15, 0.2) is 35.7 Å². The molecule has 0 unspecified atom stereocenters. The Hall–Kier alpha value is -0.550. The second kappa shape index (κ2) is 4.31. The van der Waals surface area contributed by atoms with Gasteiger partial charge in [0.1, 0.15) is 5.75 Å². The second-order valence-electron chi connectivity index (χ2n) is 2.86. The van der Waals surface area contributed by atoms with Crippen molar-refractivity contribution in [3.8, 4) is 16.2 Å². The van der Waals surface area contributed by atoms with Crippen molar-refractivity contribution in [2.75, 3.05) is 7.11 Å². The van der Waals surface area contributed by atoms with E-state index in [1.807, 2.05) is 12.1 Å². The highest BCUT2D eigenvalue weighted by Crippen LogP contribution is 2.29. The standard InChI is InChI=1S/C11H9IOS/c1-13-10-4-2-3-8(5-10)11-6-9(12)7-14-11/h2-7H,1H3. The Morgan fingerprint density at radius 1 is 1.29 bits per heavy atom. The predicted octanol–water partition coefficient (Wildman–Crippen LogP) is 4.03. The minimum Gasteiger partial charge on any atom is -0.497 e. The third kappa shape index (κ3) is 2.09. The Morgan fingerprint density at radius 3 is 2.79 bits per heavy atom. The third-order valence-corrected chi connectivity index (χ3v) is 3.95. The Balaban J connectivity index is 2.41. The van der Waals surface area contributed by atoms with Gasteiger partial charge in [0, 0.05) is 13.8 Å². The molecule has 1 nitrogen and oxygen atoms in total. The summed E-state index contributed by atoms with van der Waals surface area (Å²) in [6.07, 6.45) is 0. The molecule has 0 amide bonds. The van der Waals surface area contributed by atoms with Gasteiger partial charge in [-0.15, -0.1) is 11.3 Å². The topological polar surface area (TPSA) is 9.23 Å². The van der Waals surface area contributed by atoms with Crippen LogP contribution in [0.25, 0.3) is 10.4 Å². The molecule has 0 saturated heterocycles. The third-order valence-electron chi connectivity index (χ3n) is 1.92. The zero-order valence-electron chi connectivity index (χ0n) is 7.66. The van der Waals surface area contributed by atoms with Gasteiger partial charge in [0.05, 0.1) is 7.11 Å². The lowest BCUT2D eigenvalue weighted by atomic mass is 10.2. The molecule has 0 saturated carbocycles. The molecule has 72 valence electrons. The molecule has 0 aliphatic heterocycles. The minimum absolute atomic E-state index is 0.908. The number of hydrogen-bond donors (Lipinski definition) is 0. The number of rotatable bonds is 2. The van der Waals surface area contributed by atoms with E-state index in [-0.39, 0.29) is 0 Å². The van der Waals surface area contributed by atoms with Crippen LogP contribution in [0, 0.1) is 3.57 Å². The number of ether oxygens (including phenoxy) is 1. The number of methoxy groups -OCH3 is 1. The minimum atomic E-state index is 0.908. The van der Waals surface area contributed by atoms with E-state index in [1.165, 1.54) is 14.0 Å². The van der Waals surface area contributed by atoms with Crippen LogP contribution in [0.4, 0.5) is 0 Å². The quantitative estimate of drug-likeness (QED) is 0.760. The smallest absolute Gasteiger partial charge is 0.119 e. The summed E-state index contributed by atoms with van der Waals surface area (Å²) in [6.45, 7) is 0. The molecule has 14 heavy (non-hydrogen) atoms. The van der Waals surface area contributed by atoms with Gasteiger partial charge in [-0.2, -0.15) is 0 Å². The van der Waals surface area contributed by atoms with Crippen molar-refractivity contribution in [1.29, 1.82) is 0 Å². The van der Waals surface area contributed by atoms with E-state index < -0.39 is 0 Å². The maximum atomic E-state index is 5.19. The van der Waals surface area contributed by atoms with Gasteiger partial charge in [0.25, 0.3) is 0 Å². The average molecular weight is 316 g/mol. The van der Waals surface area contributed by atoms with Gasteiger partial charge < -0.3 is 4.74 Å². The lowest BCUT2D eigenvalue weighted by molar-refractivity contribution is 0.415. The molecular weight excluding hydrogens is 307 g/mol. The van der Waals surface area contributed by atoms with Crippen LogP contribution < -0.4 is 4.74 Å². The van der Waals surface area contributed by atoms with Crippen LogP contribution >= 0.6 is 33.9 Å². The highest BCUT2D eigenvalue weighted by atomic mass is 127. The van der Waals surface area contributed by atoms with Gasteiger partial charge in [0.2, 0.25) is 0 Å². The number of halogens is 1. The molecule has 1 heterocycles. The van der Waals surface area contributed by atoms with E-state index >= 15 is 0 Å². The average Bonchev–Trinajstić information content (AvgIpc) is 2.65. The van der Waals surface area contributed by atoms with Crippen molar-refractivity contribution in [3.05, 3.63) is 39.3 Å². The highest BCUT2D eigenvalue weighted by molar-refractivity contribution is 14.1. The molecule has 0 atom stereocenters. The summed E-state index contributed by atoms with van der Waals surface area (Å²) in [5.74, 6) is 0.908. The summed E-state index contributed by atoms with van der Waals surface area (Å²) in [5, 5.41) is 2.15. The first kappa shape index (κ1) is 9.98. The molecule has 0 N–H and O–H groups in total. The van der Waals surface area contributed by atoms with Crippen molar-refractivity contribution in [1.82, 2.24) is 0 Å². The monoisotopic (exact) mass is 316 g/mol. The van der Waals surface area contributed by atoms with Crippen molar-refractivity contribution >= 4 is 33.9 Å². The summed E-state index contributed by atoms with van der Waals surface area (Å²) in [4.78, 5) is 1.29. The van der Waals surface area contributed by atoms with Gasteiger partial charge in [0.15, 0.2) is 0 Å². The fourth-order valence-corrected chi connectivity index (χ4v) is 2.91. The molecular formula is C11H9IOS. The van der Waals surface area contributed by atoms with E-state index in [0.717, 1.165) is 5.75 Å². The van der Waals surface area contributed by atoms with E-state index in [2.05, 4.69) is 46.2 Å². The first-order chi connectivity index (χ1) is 6.79. The Labute approximate surface area is 101 Å². The van der Waals surface area contributed by atoms with E-state index in [4.69, 9.17) is 4.74 Å². The summed E-state index contributed by atoms with van der Waals surface area (Å²) >= 11 is 4.08.